The Morgan fingerprint density at radius 2 is 1.40 bits per heavy atom. The number of amides is 1. The first kappa shape index (κ1) is 28.8. The predicted octanol–water partition coefficient (Wildman–Crippen LogP) is 6.93. The summed E-state index contributed by atoms with van der Waals surface area (Å²) in [6.45, 7) is 0. The number of ether oxygens (including phenoxy) is 1. The van der Waals surface area contributed by atoms with Crippen LogP contribution in [-0.2, 0) is 10.0 Å². The number of carbonyl (C=O) groups is 2. The van der Waals surface area contributed by atoms with Crippen LogP contribution in [0.5, 0.6) is 5.75 Å². The maximum Gasteiger partial charge on any atom is 0.343 e. The summed E-state index contributed by atoms with van der Waals surface area (Å²) >= 11 is 11.8. The summed E-state index contributed by atoms with van der Waals surface area (Å²) in [5, 5.41) is 6.57. The number of halogens is 2. The lowest BCUT2D eigenvalue weighted by atomic mass is 10.0. The van der Waals surface area contributed by atoms with E-state index in [1.165, 1.54) is 42.6 Å². The topological polar surface area (TPSA) is 114 Å². The first-order valence-electron chi connectivity index (χ1n) is 12.4. The van der Waals surface area contributed by atoms with Crippen LogP contribution in [0.25, 0.3) is 10.8 Å². The molecule has 0 spiro atoms. The fourth-order valence-electron chi connectivity index (χ4n) is 4.05. The van der Waals surface area contributed by atoms with Gasteiger partial charge in [0.15, 0.2) is 0 Å². The molecular weight excluding hydrogens is 597 g/mol. The molecule has 0 fully saturated rings. The van der Waals surface area contributed by atoms with Gasteiger partial charge in [0, 0.05) is 15.6 Å². The second-order valence-electron chi connectivity index (χ2n) is 8.90. The molecule has 1 amide bonds. The third kappa shape index (κ3) is 6.60. The molecule has 210 valence electrons. The molecule has 0 saturated heterocycles. The number of sulfonamides is 1. The van der Waals surface area contributed by atoms with Crippen LogP contribution in [0.15, 0.2) is 119 Å². The van der Waals surface area contributed by atoms with Gasteiger partial charge in [-0.3, -0.25) is 9.52 Å². The standard InChI is InChI=1S/C31H21Cl2N3O5S/c32-22-12-9-21(10-13-22)31(38)41-29-18-11-20-5-1-2-6-25(20)27(29)19-34-35-30(37)26-7-3-4-8-28(26)36-42(39,40)24-16-14-23(33)15-17-24/h1-19,36H,(H,35,37)/b34-19-. The predicted molar refractivity (Wildman–Crippen MR) is 164 cm³/mol. The largest absolute Gasteiger partial charge is 0.422 e. The van der Waals surface area contributed by atoms with E-state index in [9.17, 15) is 18.0 Å². The van der Waals surface area contributed by atoms with Crippen LogP contribution >= 0.6 is 23.2 Å². The average molecular weight is 618 g/mol. The summed E-state index contributed by atoms with van der Waals surface area (Å²) in [6, 6.07) is 28.9. The number of hydrazone groups is 1. The van der Waals surface area contributed by atoms with Crippen molar-refractivity contribution in [3.05, 3.63) is 136 Å². The Morgan fingerprint density at radius 1 is 0.762 bits per heavy atom. The Labute approximate surface area is 251 Å². The van der Waals surface area contributed by atoms with Crippen molar-refractivity contribution in [1.29, 1.82) is 0 Å². The van der Waals surface area contributed by atoms with Gasteiger partial charge < -0.3 is 4.74 Å². The van der Waals surface area contributed by atoms with E-state index in [4.69, 9.17) is 27.9 Å². The number of nitrogens with one attached hydrogen (secondary N) is 2. The molecule has 42 heavy (non-hydrogen) atoms. The van der Waals surface area contributed by atoms with Crippen molar-refractivity contribution in [3.8, 4) is 5.75 Å². The Hall–Kier alpha value is -4.70. The summed E-state index contributed by atoms with van der Waals surface area (Å²) in [7, 11) is -4.00. The van der Waals surface area contributed by atoms with Gasteiger partial charge in [-0.25, -0.2) is 18.6 Å². The molecule has 5 aromatic carbocycles. The van der Waals surface area contributed by atoms with E-state index in [-0.39, 0.29) is 21.9 Å². The Bertz CT molecular complexity index is 1930. The molecule has 0 unspecified atom stereocenters. The molecule has 0 bridgehead atoms. The smallest absolute Gasteiger partial charge is 0.343 e. The zero-order chi connectivity index (χ0) is 29.7. The summed E-state index contributed by atoms with van der Waals surface area (Å²) in [5.74, 6) is -1.04. The number of rotatable bonds is 8. The number of esters is 1. The van der Waals surface area contributed by atoms with Crippen molar-refractivity contribution < 1.29 is 22.7 Å². The molecule has 0 atom stereocenters. The van der Waals surface area contributed by atoms with E-state index >= 15 is 0 Å². The van der Waals surface area contributed by atoms with Crippen LogP contribution in [0, 0.1) is 0 Å². The SMILES string of the molecule is O=C(Oc1ccc2ccccc2c1/C=N\NC(=O)c1ccccc1NS(=O)(=O)c1ccc(Cl)cc1)c1ccc(Cl)cc1. The molecule has 0 saturated carbocycles. The first-order chi connectivity index (χ1) is 20.2. The van der Waals surface area contributed by atoms with Gasteiger partial charge in [0.05, 0.1) is 27.9 Å². The molecule has 0 aromatic heterocycles. The summed E-state index contributed by atoms with van der Waals surface area (Å²) < 4.78 is 33.9. The lowest BCUT2D eigenvalue weighted by Crippen LogP contribution is -2.21. The molecule has 11 heteroatoms. The lowest BCUT2D eigenvalue weighted by Gasteiger charge is -2.12. The van der Waals surface area contributed by atoms with E-state index in [1.807, 2.05) is 24.3 Å². The number of para-hydroxylation sites is 1. The second-order valence-corrected chi connectivity index (χ2v) is 11.5. The molecule has 0 aliphatic heterocycles. The van der Waals surface area contributed by atoms with E-state index in [2.05, 4.69) is 15.2 Å². The lowest BCUT2D eigenvalue weighted by molar-refractivity contribution is 0.0734. The summed E-state index contributed by atoms with van der Waals surface area (Å²) in [6.07, 6.45) is 1.37. The normalized spacial score (nSPS) is 11.4. The average Bonchev–Trinajstić information content (AvgIpc) is 2.98. The highest BCUT2D eigenvalue weighted by molar-refractivity contribution is 7.92. The van der Waals surface area contributed by atoms with Gasteiger partial charge in [0.1, 0.15) is 5.75 Å². The van der Waals surface area contributed by atoms with Gasteiger partial charge in [-0.2, -0.15) is 5.10 Å². The monoisotopic (exact) mass is 617 g/mol. The fourth-order valence-corrected chi connectivity index (χ4v) is 5.38. The van der Waals surface area contributed by atoms with Crippen LogP contribution in [0.1, 0.15) is 26.3 Å². The summed E-state index contributed by atoms with van der Waals surface area (Å²) in [4.78, 5) is 25.9. The van der Waals surface area contributed by atoms with E-state index in [0.29, 0.717) is 21.2 Å². The number of hydrogen-bond acceptors (Lipinski definition) is 6. The van der Waals surface area contributed by atoms with Crippen molar-refractivity contribution >= 4 is 67.8 Å². The maximum atomic E-state index is 13.1. The van der Waals surface area contributed by atoms with Crippen molar-refractivity contribution in [3.63, 3.8) is 0 Å². The Balaban J connectivity index is 1.39. The van der Waals surface area contributed by atoms with Gasteiger partial charge in [0.25, 0.3) is 15.9 Å². The Morgan fingerprint density at radius 3 is 2.14 bits per heavy atom. The van der Waals surface area contributed by atoms with Crippen LogP contribution in [0.2, 0.25) is 10.0 Å². The van der Waals surface area contributed by atoms with Gasteiger partial charge >= 0.3 is 5.97 Å². The number of carbonyl (C=O) groups excluding carboxylic acids is 2. The van der Waals surface area contributed by atoms with E-state index in [0.717, 1.165) is 10.8 Å². The molecule has 2 N–H and O–H groups in total. The highest BCUT2D eigenvalue weighted by Crippen LogP contribution is 2.28. The number of nitrogens with zero attached hydrogens (tertiary/aromatic N) is 1. The van der Waals surface area contributed by atoms with E-state index < -0.39 is 21.9 Å². The van der Waals surface area contributed by atoms with Crippen molar-refractivity contribution in [1.82, 2.24) is 5.43 Å². The molecule has 0 aliphatic rings. The first-order valence-corrected chi connectivity index (χ1v) is 14.7. The van der Waals surface area contributed by atoms with Gasteiger partial charge in [-0.1, -0.05) is 65.7 Å². The zero-order valence-electron chi connectivity index (χ0n) is 21.6. The van der Waals surface area contributed by atoms with Crippen molar-refractivity contribution in [2.45, 2.75) is 4.90 Å². The minimum Gasteiger partial charge on any atom is -0.422 e. The third-order valence-corrected chi connectivity index (χ3v) is 8.00. The number of benzene rings is 5. The second kappa shape index (κ2) is 12.4. The van der Waals surface area contributed by atoms with Crippen molar-refractivity contribution in [2.24, 2.45) is 5.10 Å². The number of anilines is 1. The molecular formula is C31H21Cl2N3O5S. The summed E-state index contributed by atoms with van der Waals surface area (Å²) in [5.41, 5.74) is 3.28. The molecule has 0 aliphatic carbocycles. The molecule has 8 nitrogen and oxygen atoms in total. The number of hydrogen-bond donors (Lipinski definition) is 2. The highest BCUT2D eigenvalue weighted by Gasteiger charge is 2.19. The van der Waals surface area contributed by atoms with Crippen LogP contribution in [0.3, 0.4) is 0 Å². The zero-order valence-corrected chi connectivity index (χ0v) is 24.0. The minimum atomic E-state index is -4.00. The minimum absolute atomic E-state index is 0.0169. The third-order valence-electron chi connectivity index (χ3n) is 6.11. The van der Waals surface area contributed by atoms with Crippen LogP contribution < -0.4 is 14.9 Å². The van der Waals surface area contributed by atoms with Gasteiger partial charge in [-0.15, -0.1) is 0 Å². The Kier molecular flexibility index (Phi) is 8.53. The van der Waals surface area contributed by atoms with Crippen LogP contribution in [0.4, 0.5) is 5.69 Å². The van der Waals surface area contributed by atoms with Crippen molar-refractivity contribution in [2.75, 3.05) is 4.72 Å². The highest BCUT2D eigenvalue weighted by atomic mass is 35.5. The van der Waals surface area contributed by atoms with Gasteiger partial charge in [0.2, 0.25) is 0 Å². The molecule has 5 aromatic rings. The van der Waals surface area contributed by atoms with Gasteiger partial charge in [-0.05, 0) is 77.5 Å². The maximum absolute atomic E-state index is 13.1. The quantitative estimate of drug-likeness (QED) is 0.0848. The number of fused-ring (bicyclic) bond motifs is 1. The molecule has 5 rings (SSSR count). The van der Waals surface area contributed by atoms with E-state index in [1.54, 1.807) is 48.5 Å². The molecule has 0 radical (unpaired) electrons. The molecule has 0 heterocycles. The van der Waals surface area contributed by atoms with Crippen LogP contribution in [-0.4, -0.2) is 26.5 Å². The fraction of sp³-hybridized carbons (Fsp3) is 0.